The van der Waals surface area contributed by atoms with Gasteiger partial charge in [-0.3, -0.25) is 4.79 Å². The Bertz CT molecular complexity index is 262. The zero-order valence-electron chi connectivity index (χ0n) is 10.9. The van der Waals surface area contributed by atoms with Gasteiger partial charge in [0.15, 0.2) is 0 Å². The third-order valence-corrected chi connectivity index (χ3v) is 3.98. The molecule has 0 aromatic rings. The number of carbonyl (C=O) groups is 1. The average molecular weight is 240 g/mol. The third-order valence-electron chi connectivity index (χ3n) is 3.98. The van der Waals surface area contributed by atoms with Crippen LogP contribution in [0.25, 0.3) is 0 Å². The predicted octanol–water partition coefficient (Wildman–Crippen LogP) is 0.869. The van der Waals surface area contributed by atoms with Crippen molar-refractivity contribution < 1.29 is 9.53 Å². The van der Waals surface area contributed by atoms with Crippen molar-refractivity contribution in [1.29, 1.82) is 0 Å². The van der Waals surface area contributed by atoms with Gasteiger partial charge in [-0.05, 0) is 44.7 Å². The molecule has 17 heavy (non-hydrogen) atoms. The number of amides is 1. The number of carbonyl (C=O) groups excluding carboxylic acids is 1. The molecule has 0 spiro atoms. The smallest absolute Gasteiger partial charge is 0.223 e. The first-order valence-electron chi connectivity index (χ1n) is 6.71. The first kappa shape index (κ1) is 12.8. The molecule has 0 aromatic heterocycles. The van der Waals surface area contributed by atoms with Gasteiger partial charge >= 0.3 is 0 Å². The van der Waals surface area contributed by atoms with E-state index in [1.165, 1.54) is 12.8 Å². The number of methoxy groups -OCH3 is 1. The van der Waals surface area contributed by atoms with Crippen molar-refractivity contribution in [3.63, 3.8) is 0 Å². The number of ether oxygens (including phenoxy) is 1. The summed E-state index contributed by atoms with van der Waals surface area (Å²) in [7, 11) is 1.69. The number of hydrogen-bond acceptors (Lipinski definition) is 3. The highest BCUT2D eigenvalue weighted by Crippen LogP contribution is 2.35. The maximum absolute atomic E-state index is 12.3. The van der Waals surface area contributed by atoms with Crippen molar-refractivity contribution in [2.75, 3.05) is 33.4 Å². The summed E-state index contributed by atoms with van der Waals surface area (Å²) in [5.41, 5.74) is 0. The van der Waals surface area contributed by atoms with Crippen molar-refractivity contribution in [3.05, 3.63) is 0 Å². The maximum Gasteiger partial charge on any atom is 0.223 e. The van der Waals surface area contributed by atoms with Crippen LogP contribution < -0.4 is 5.32 Å². The van der Waals surface area contributed by atoms with Crippen molar-refractivity contribution in [1.82, 2.24) is 10.2 Å². The van der Waals surface area contributed by atoms with Crippen LogP contribution in [0.1, 0.15) is 26.2 Å². The molecule has 1 amide bonds. The monoisotopic (exact) mass is 240 g/mol. The van der Waals surface area contributed by atoms with E-state index in [1.807, 2.05) is 4.90 Å². The molecule has 2 aliphatic rings. The minimum absolute atomic E-state index is 0.313. The van der Waals surface area contributed by atoms with Crippen molar-refractivity contribution >= 4 is 5.91 Å². The van der Waals surface area contributed by atoms with E-state index in [9.17, 15) is 4.79 Å². The predicted molar refractivity (Wildman–Crippen MR) is 66.8 cm³/mol. The number of rotatable bonds is 7. The fraction of sp³-hybridized carbons (Fsp3) is 0.923. The zero-order chi connectivity index (χ0) is 12.3. The average Bonchev–Trinajstić information content (AvgIpc) is 3.07. The summed E-state index contributed by atoms with van der Waals surface area (Å²) in [5, 5.41) is 3.22. The molecule has 1 N–H and O–H groups in total. The molecular formula is C13H24N2O2. The van der Waals surface area contributed by atoms with E-state index >= 15 is 0 Å². The molecule has 4 heteroatoms. The summed E-state index contributed by atoms with van der Waals surface area (Å²) in [6.07, 6.45) is 3.26. The maximum atomic E-state index is 12.3. The van der Waals surface area contributed by atoms with E-state index < -0.39 is 0 Å². The second kappa shape index (κ2) is 5.83. The molecule has 2 rings (SSSR count). The van der Waals surface area contributed by atoms with Crippen LogP contribution in [0.3, 0.4) is 0 Å². The molecule has 1 unspecified atom stereocenters. The van der Waals surface area contributed by atoms with E-state index in [1.54, 1.807) is 7.11 Å². The number of nitrogens with zero attached hydrogens (tertiary/aromatic N) is 1. The topological polar surface area (TPSA) is 41.6 Å². The van der Waals surface area contributed by atoms with E-state index in [0.29, 0.717) is 30.9 Å². The molecular weight excluding hydrogens is 216 g/mol. The Labute approximate surface area is 104 Å². The van der Waals surface area contributed by atoms with E-state index in [0.717, 1.165) is 25.6 Å². The molecule has 2 fully saturated rings. The lowest BCUT2D eigenvalue weighted by molar-refractivity contribution is -0.135. The SMILES string of the molecule is COCCN(C(=O)CC1CNC1)C(C)C1CC1. The second-order valence-corrected chi connectivity index (χ2v) is 5.39. The van der Waals surface area contributed by atoms with Crippen LogP contribution >= 0.6 is 0 Å². The Hall–Kier alpha value is -0.610. The van der Waals surface area contributed by atoms with Crippen LogP contribution in [0.2, 0.25) is 0 Å². The Kier molecular flexibility index (Phi) is 4.40. The lowest BCUT2D eigenvalue weighted by Gasteiger charge is -2.33. The molecule has 1 saturated carbocycles. The lowest BCUT2D eigenvalue weighted by Crippen LogP contribution is -2.48. The molecule has 0 radical (unpaired) electrons. The summed E-state index contributed by atoms with van der Waals surface area (Å²) in [5.74, 6) is 1.60. The standard InChI is InChI=1S/C13H24N2O2/c1-10(12-3-4-12)15(5-6-17-2)13(16)7-11-8-14-9-11/h10-12,14H,3-9H2,1-2H3. The summed E-state index contributed by atoms with van der Waals surface area (Å²) < 4.78 is 5.11. The Morgan fingerprint density at radius 2 is 2.18 bits per heavy atom. The van der Waals surface area contributed by atoms with Gasteiger partial charge in [0.2, 0.25) is 5.91 Å². The zero-order valence-corrected chi connectivity index (χ0v) is 10.9. The minimum Gasteiger partial charge on any atom is -0.383 e. The first-order chi connectivity index (χ1) is 8.22. The Morgan fingerprint density at radius 3 is 2.65 bits per heavy atom. The van der Waals surface area contributed by atoms with Gasteiger partial charge in [-0.2, -0.15) is 0 Å². The van der Waals surface area contributed by atoms with Gasteiger partial charge in [-0.15, -0.1) is 0 Å². The van der Waals surface area contributed by atoms with Gasteiger partial charge in [0, 0.05) is 26.1 Å². The molecule has 98 valence electrons. The minimum atomic E-state index is 0.313. The third kappa shape index (κ3) is 3.42. The number of hydrogen-bond donors (Lipinski definition) is 1. The van der Waals surface area contributed by atoms with Crippen molar-refractivity contribution in [2.45, 2.75) is 32.2 Å². The highest BCUT2D eigenvalue weighted by atomic mass is 16.5. The van der Waals surface area contributed by atoms with Crippen molar-refractivity contribution in [3.8, 4) is 0 Å². The summed E-state index contributed by atoms with van der Waals surface area (Å²) in [6.45, 7) is 5.58. The van der Waals surface area contributed by atoms with Crippen LogP contribution in [0.15, 0.2) is 0 Å². The largest absolute Gasteiger partial charge is 0.383 e. The van der Waals surface area contributed by atoms with Crippen LogP contribution in [0.5, 0.6) is 0 Å². The van der Waals surface area contributed by atoms with Gasteiger partial charge in [-0.1, -0.05) is 0 Å². The summed E-state index contributed by atoms with van der Waals surface area (Å²) in [4.78, 5) is 14.3. The Morgan fingerprint density at radius 1 is 1.47 bits per heavy atom. The molecule has 0 bridgehead atoms. The highest BCUT2D eigenvalue weighted by molar-refractivity contribution is 5.77. The van der Waals surface area contributed by atoms with Gasteiger partial charge in [0.05, 0.1) is 6.61 Å². The van der Waals surface area contributed by atoms with Crippen molar-refractivity contribution in [2.24, 2.45) is 11.8 Å². The van der Waals surface area contributed by atoms with Crippen LogP contribution in [-0.4, -0.2) is 50.2 Å². The number of nitrogens with one attached hydrogen (secondary N) is 1. The fourth-order valence-electron chi connectivity index (χ4n) is 2.44. The molecule has 1 atom stereocenters. The highest BCUT2D eigenvalue weighted by Gasteiger charge is 2.35. The molecule has 4 nitrogen and oxygen atoms in total. The van der Waals surface area contributed by atoms with E-state index in [2.05, 4.69) is 12.2 Å². The lowest BCUT2D eigenvalue weighted by atomic mass is 9.98. The van der Waals surface area contributed by atoms with E-state index in [-0.39, 0.29) is 0 Å². The normalized spacial score (nSPS) is 22.0. The second-order valence-electron chi connectivity index (χ2n) is 5.39. The van der Waals surface area contributed by atoms with Crippen LogP contribution in [0, 0.1) is 11.8 Å². The van der Waals surface area contributed by atoms with Gasteiger partial charge < -0.3 is 15.0 Å². The van der Waals surface area contributed by atoms with Crippen LogP contribution in [0.4, 0.5) is 0 Å². The summed E-state index contributed by atoms with van der Waals surface area (Å²) >= 11 is 0. The fourth-order valence-corrected chi connectivity index (χ4v) is 2.44. The Balaban J connectivity index is 1.85. The first-order valence-corrected chi connectivity index (χ1v) is 6.71. The van der Waals surface area contributed by atoms with Gasteiger partial charge in [0.1, 0.15) is 0 Å². The molecule has 0 aromatic carbocycles. The van der Waals surface area contributed by atoms with Crippen LogP contribution in [-0.2, 0) is 9.53 Å². The van der Waals surface area contributed by atoms with Gasteiger partial charge in [0.25, 0.3) is 0 Å². The molecule has 1 saturated heterocycles. The quantitative estimate of drug-likeness (QED) is 0.718. The van der Waals surface area contributed by atoms with Gasteiger partial charge in [-0.25, -0.2) is 0 Å². The molecule has 1 aliphatic carbocycles. The summed E-state index contributed by atoms with van der Waals surface area (Å²) in [6, 6.07) is 0.394. The van der Waals surface area contributed by atoms with E-state index in [4.69, 9.17) is 4.74 Å². The molecule has 1 heterocycles. The molecule has 1 aliphatic heterocycles.